The van der Waals surface area contributed by atoms with Gasteiger partial charge in [-0.2, -0.15) is 9.97 Å². The van der Waals surface area contributed by atoms with Crippen LogP contribution in [-0.2, 0) is 0 Å². The Morgan fingerprint density at radius 1 is 1.50 bits per heavy atom. The summed E-state index contributed by atoms with van der Waals surface area (Å²) in [6.45, 7) is 0.834. The van der Waals surface area contributed by atoms with Crippen LogP contribution in [0.5, 0.6) is 11.8 Å². The number of nitrogens with zero attached hydrogens (tertiary/aromatic N) is 3. The molecule has 8 heteroatoms. The number of nitro groups is 1. The molecule has 0 unspecified atom stereocenters. The molecule has 88 valence electrons. The van der Waals surface area contributed by atoms with Crippen LogP contribution < -0.4 is 14.8 Å². The molecule has 1 aromatic heterocycles. The fourth-order valence-corrected chi connectivity index (χ4v) is 1.01. The summed E-state index contributed by atoms with van der Waals surface area (Å²) in [7, 11) is 3.05. The Bertz CT molecular complexity index is 371. The fourth-order valence-electron chi connectivity index (χ4n) is 1.01. The van der Waals surface area contributed by atoms with Crippen molar-refractivity contribution in [3.8, 4) is 11.8 Å². The lowest BCUT2D eigenvalue weighted by atomic mass is 10.5. The minimum Gasteiger partial charge on any atom is -0.476 e. The minimum absolute atomic E-state index is 0.0906. The summed E-state index contributed by atoms with van der Waals surface area (Å²) in [4.78, 5) is 17.5. The van der Waals surface area contributed by atoms with E-state index >= 15 is 0 Å². The molecule has 1 heterocycles. The first kappa shape index (κ1) is 12.1. The number of aromatic nitrogens is 2. The van der Waals surface area contributed by atoms with Gasteiger partial charge in [0.25, 0.3) is 0 Å². The van der Waals surface area contributed by atoms with Gasteiger partial charge in [-0.3, -0.25) is 10.1 Å². The van der Waals surface area contributed by atoms with Crippen LogP contribution in [0, 0.1) is 10.1 Å². The van der Waals surface area contributed by atoms with E-state index in [1.165, 1.54) is 7.11 Å². The highest BCUT2D eigenvalue weighted by atomic mass is 16.6. The van der Waals surface area contributed by atoms with Crippen LogP contribution >= 0.6 is 0 Å². The zero-order valence-electron chi connectivity index (χ0n) is 8.97. The van der Waals surface area contributed by atoms with Gasteiger partial charge in [-0.25, -0.2) is 0 Å². The number of likely N-dealkylation sites (N-methyl/N-ethyl adjacent to an activating group) is 1. The summed E-state index contributed by atoms with van der Waals surface area (Å²) in [6.07, 6.45) is 1.15. The first-order valence-corrected chi connectivity index (χ1v) is 4.51. The first-order valence-electron chi connectivity index (χ1n) is 4.51. The van der Waals surface area contributed by atoms with E-state index in [9.17, 15) is 10.1 Å². The molecule has 0 aliphatic carbocycles. The molecule has 0 bridgehead atoms. The largest absolute Gasteiger partial charge is 0.476 e. The number of rotatable bonds is 6. The summed E-state index contributed by atoms with van der Waals surface area (Å²) in [6, 6.07) is 0. The second kappa shape index (κ2) is 5.81. The van der Waals surface area contributed by atoms with Crippen molar-refractivity contribution in [2.45, 2.75) is 0 Å². The van der Waals surface area contributed by atoms with Crippen LogP contribution in [-0.4, -0.2) is 42.2 Å². The zero-order valence-corrected chi connectivity index (χ0v) is 8.97. The standard InChI is InChI=1S/C8H12N4O4/c1-9-3-4-16-8-6(12(13)14)7(15-2)10-5-11-8/h5,9H,3-4H2,1-2H3. The van der Waals surface area contributed by atoms with Crippen LogP contribution in [0.2, 0.25) is 0 Å². The first-order chi connectivity index (χ1) is 7.70. The Kier molecular flexibility index (Phi) is 4.40. The maximum absolute atomic E-state index is 10.8. The normalized spacial score (nSPS) is 9.88. The Morgan fingerprint density at radius 2 is 2.19 bits per heavy atom. The topological polar surface area (TPSA) is 99.4 Å². The lowest BCUT2D eigenvalue weighted by molar-refractivity contribution is -0.387. The van der Waals surface area contributed by atoms with Crippen molar-refractivity contribution in [1.82, 2.24) is 15.3 Å². The molecular formula is C8H12N4O4. The fraction of sp³-hybridized carbons (Fsp3) is 0.500. The van der Waals surface area contributed by atoms with E-state index < -0.39 is 4.92 Å². The van der Waals surface area contributed by atoms with Crippen LogP contribution in [0.1, 0.15) is 0 Å². The van der Waals surface area contributed by atoms with Crippen molar-refractivity contribution in [2.75, 3.05) is 27.3 Å². The Hall–Kier alpha value is -1.96. The van der Waals surface area contributed by atoms with Gasteiger partial charge in [0.15, 0.2) is 0 Å². The number of methoxy groups -OCH3 is 1. The molecule has 0 amide bonds. The van der Waals surface area contributed by atoms with E-state index in [2.05, 4.69) is 15.3 Å². The Balaban J connectivity index is 2.93. The third-order valence-electron chi connectivity index (χ3n) is 1.72. The molecule has 0 fully saturated rings. The molecule has 16 heavy (non-hydrogen) atoms. The molecule has 8 nitrogen and oxygen atoms in total. The molecule has 0 spiro atoms. The Morgan fingerprint density at radius 3 is 2.75 bits per heavy atom. The smallest absolute Gasteiger partial charge is 0.392 e. The number of hydrogen-bond donors (Lipinski definition) is 1. The van der Waals surface area contributed by atoms with Gasteiger partial charge < -0.3 is 14.8 Å². The quantitative estimate of drug-likeness (QED) is 0.415. The monoisotopic (exact) mass is 228 g/mol. The minimum atomic E-state index is -0.631. The molecule has 0 radical (unpaired) electrons. The highest BCUT2D eigenvalue weighted by molar-refractivity contribution is 5.48. The molecule has 1 rings (SSSR count). The van der Waals surface area contributed by atoms with Gasteiger partial charge in [0.1, 0.15) is 12.9 Å². The van der Waals surface area contributed by atoms with Crippen molar-refractivity contribution in [2.24, 2.45) is 0 Å². The summed E-state index contributed by atoms with van der Waals surface area (Å²) in [5.41, 5.74) is -0.360. The van der Waals surface area contributed by atoms with E-state index in [1.54, 1.807) is 7.05 Å². The predicted octanol–water partition coefficient (Wildman–Crippen LogP) is -0.00840. The molecule has 0 aromatic carbocycles. The van der Waals surface area contributed by atoms with Crippen LogP contribution in [0.3, 0.4) is 0 Å². The predicted molar refractivity (Wildman–Crippen MR) is 54.7 cm³/mol. The summed E-state index contributed by atoms with van der Waals surface area (Å²) >= 11 is 0. The average Bonchev–Trinajstić information content (AvgIpc) is 2.28. The maximum Gasteiger partial charge on any atom is 0.392 e. The van der Waals surface area contributed by atoms with Gasteiger partial charge in [-0.05, 0) is 7.05 Å². The van der Waals surface area contributed by atoms with Crippen molar-refractivity contribution < 1.29 is 14.4 Å². The Labute approximate surface area is 91.8 Å². The van der Waals surface area contributed by atoms with E-state index in [-0.39, 0.29) is 24.1 Å². The van der Waals surface area contributed by atoms with Crippen molar-refractivity contribution in [1.29, 1.82) is 0 Å². The molecule has 1 N–H and O–H groups in total. The van der Waals surface area contributed by atoms with E-state index in [0.717, 1.165) is 6.33 Å². The van der Waals surface area contributed by atoms with E-state index in [0.29, 0.717) is 6.54 Å². The lowest BCUT2D eigenvalue weighted by Gasteiger charge is -2.06. The highest BCUT2D eigenvalue weighted by Gasteiger charge is 2.25. The van der Waals surface area contributed by atoms with Crippen molar-refractivity contribution >= 4 is 5.69 Å². The second-order valence-electron chi connectivity index (χ2n) is 2.75. The number of ether oxygens (including phenoxy) is 2. The van der Waals surface area contributed by atoms with Crippen molar-refractivity contribution in [3.63, 3.8) is 0 Å². The number of nitrogens with one attached hydrogen (secondary N) is 1. The summed E-state index contributed by atoms with van der Waals surface area (Å²) in [5.74, 6) is -0.202. The summed E-state index contributed by atoms with van der Waals surface area (Å²) in [5, 5.41) is 13.6. The third-order valence-corrected chi connectivity index (χ3v) is 1.72. The van der Waals surface area contributed by atoms with Gasteiger partial charge in [0.2, 0.25) is 0 Å². The van der Waals surface area contributed by atoms with Gasteiger partial charge in [-0.1, -0.05) is 0 Å². The third kappa shape index (κ3) is 2.76. The highest BCUT2D eigenvalue weighted by Crippen LogP contribution is 2.31. The van der Waals surface area contributed by atoms with E-state index in [1.807, 2.05) is 0 Å². The van der Waals surface area contributed by atoms with E-state index in [4.69, 9.17) is 9.47 Å². The molecular weight excluding hydrogens is 216 g/mol. The maximum atomic E-state index is 10.8. The van der Waals surface area contributed by atoms with Crippen molar-refractivity contribution in [3.05, 3.63) is 16.4 Å². The second-order valence-corrected chi connectivity index (χ2v) is 2.75. The lowest BCUT2D eigenvalue weighted by Crippen LogP contribution is -2.17. The SMILES string of the molecule is CNCCOc1ncnc(OC)c1[N+](=O)[O-]. The summed E-state index contributed by atoms with van der Waals surface area (Å²) < 4.78 is 9.91. The van der Waals surface area contributed by atoms with Crippen LogP contribution in [0.25, 0.3) is 0 Å². The number of hydrogen-bond acceptors (Lipinski definition) is 7. The van der Waals surface area contributed by atoms with Gasteiger partial charge in [-0.15, -0.1) is 0 Å². The van der Waals surface area contributed by atoms with Gasteiger partial charge in [0.05, 0.1) is 12.0 Å². The average molecular weight is 228 g/mol. The van der Waals surface area contributed by atoms with Crippen LogP contribution in [0.4, 0.5) is 5.69 Å². The molecule has 0 aliphatic rings. The van der Waals surface area contributed by atoms with Gasteiger partial charge in [0, 0.05) is 6.54 Å². The zero-order chi connectivity index (χ0) is 12.0. The van der Waals surface area contributed by atoms with Crippen LogP contribution in [0.15, 0.2) is 6.33 Å². The van der Waals surface area contributed by atoms with Gasteiger partial charge >= 0.3 is 17.4 Å². The molecule has 0 saturated carbocycles. The molecule has 0 atom stereocenters. The molecule has 0 aliphatic heterocycles. The molecule has 1 aromatic rings. The molecule has 0 saturated heterocycles.